The van der Waals surface area contributed by atoms with Crippen LogP contribution < -0.4 is 10.5 Å². The minimum Gasteiger partial charge on any atom is -0.456 e. The Kier molecular flexibility index (Phi) is 4.63. The second kappa shape index (κ2) is 6.26. The van der Waals surface area contributed by atoms with Crippen molar-refractivity contribution < 1.29 is 13.9 Å². The fourth-order valence-corrected chi connectivity index (χ4v) is 2.34. The molecule has 0 saturated carbocycles. The average molecular weight is 352 g/mol. The highest BCUT2D eigenvalue weighted by Crippen LogP contribution is 2.34. The molecule has 0 fully saturated rings. The van der Waals surface area contributed by atoms with Crippen LogP contribution in [0.15, 0.2) is 40.9 Å². The Morgan fingerprint density at radius 2 is 1.86 bits per heavy atom. The van der Waals surface area contributed by atoms with Gasteiger partial charge in [0.2, 0.25) is 0 Å². The van der Waals surface area contributed by atoms with Crippen LogP contribution in [-0.2, 0) is 0 Å². The van der Waals surface area contributed by atoms with Crippen molar-refractivity contribution in [2.24, 2.45) is 5.73 Å². The van der Waals surface area contributed by atoms with E-state index in [-0.39, 0.29) is 17.2 Å². The minimum absolute atomic E-state index is 0.0209. The van der Waals surface area contributed by atoms with E-state index in [1.165, 1.54) is 12.1 Å². The summed E-state index contributed by atoms with van der Waals surface area (Å²) in [7, 11) is 0. The van der Waals surface area contributed by atoms with E-state index in [1.54, 1.807) is 6.07 Å². The third-order valence-electron chi connectivity index (χ3n) is 3.02. The molecule has 110 valence electrons. The van der Waals surface area contributed by atoms with E-state index < -0.39 is 11.7 Å². The van der Waals surface area contributed by atoms with E-state index in [0.29, 0.717) is 5.75 Å². The summed E-state index contributed by atoms with van der Waals surface area (Å²) < 4.78 is 20.0. The van der Waals surface area contributed by atoms with Crippen LogP contribution in [0.4, 0.5) is 4.39 Å². The van der Waals surface area contributed by atoms with Crippen molar-refractivity contribution in [3.63, 3.8) is 0 Å². The lowest BCUT2D eigenvalue weighted by Gasteiger charge is -2.15. The lowest BCUT2D eigenvalue weighted by atomic mass is 10.0. The van der Waals surface area contributed by atoms with Crippen LogP contribution in [0.25, 0.3) is 0 Å². The van der Waals surface area contributed by atoms with Gasteiger partial charge in [0, 0.05) is 4.47 Å². The average Bonchev–Trinajstić information content (AvgIpc) is 2.42. The van der Waals surface area contributed by atoms with Gasteiger partial charge in [-0.2, -0.15) is 0 Å². The maximum atomic E-state index is 13.2. The van der Waals surface area contributed by atoms with Gasteiger partial charge in [0.05, 0.1) is 5.56 Å². The van der Waals surface area contributed by atoms with Gasteiger partial charge in [-0.05, 0) is 47.9 Å². The van der Waals surface area contributed by atoms with Crippen LogP contribution in [0, 0.1) is 5.82 Å². The van der Waals surface area contributed by atoms with Crippen molar-refractivity contribution in [3.8, 4) is 11.5 Å². The van der Waals surface area contributed by atoms with Gasteiger partial charge in [-0.25, -0.2) is 4.39 Å². The number of primary amides is 1. The quantitative estimate of drug-likeness (QED) is 0.874. The van der Waals surface area contributed by atoms with Gasteiger partial charge < -0.3 is 10.5 Å². The molecule has 0 spiro atoms. The number of amides is 1. The summed E-state index contributed by atoms with van der Waals surface area (Å²) in [6.45, 7) is 4.07. The largest absolute Gasteiger partial charge is 0.456 e. The number of carbonyl (C=O) groups excluding carboxylic acids is 1. The van der Waals surface area contributed by atoms with Crippen molar-refractivity contribution >= 4 is 21.8 Å². The van der Waals surface area contributed by atoms with Crippen LogP contribution in [0.2, 0.25) is 0 Å². The van der Waals surface area contributed by atoms with Crippen LogP contribution in [0.3, 0.4) is 0 Å². The van der Waals surface area contributed by atoms with Crippen molar-refractivity contribution in [2.75, 3.05) is 0 Å². The molecule has 0 saturated heterocycles. The lowest BCUT2D eigenvalue weighted by molar-refractivity contribution is 0.0997. The molecule has 0 radical (unpaired) electrons. The summed E-state index contributed by atoms with van der Waals surface area (Å²) in [5, 5.41) is 0. The van der Waals surface area contributed by atoms with E-state index in [0.717, 1.165) is 16.1 Å². The molecule has 21 heavy (non-hydrogen) atoms. The van der Waals surface area contributed by atoms with Crippen molar-refractivity contribution in [1.29, 1.82) is 0 Å². The normalized spacial score (nSPS) is 10.7. The van der Waals surface area contributed by atoms with Crippen molar-refractivity contribution in [3.05, 3.63) is 57.8 Å². The van der Waals surface area contributed by atoms with E-state index >= 15 is 0 Å². The molecule has 0 unspecified atom stereocenters. The number of hydrogen-bond acceptors (Lipinski definition) is 2. The molecular formula is C16H15BrFNO2. The Labute approximate surface area is 131 Å². The first-order chi connectivity index (χ1) is 9.88. The molecule has 2 rings (SSSR count). The van der Waals surface area contributed by atoms with Gasteiger partial charge in [0.15, 0.2) is 0 Å². The molecule has 0 bridgehead atoms. The number of hydrogen-bond donors (Lipinski definition) is 1. The van der Waals surface area contributed by atoms with E-state index in [9.17, 15) is 9.18 Å². The fraction of sp³-hybridized carbons (Fsp3) is 0.188. The number of benzene rings is 2. The zero-order chi connectivity index (χ0) is 15.6. The molecule has 0 atom stereocenters. The molecule has 1 amide bonds. The molecule has 2 N–H and O–H groups in total. The molecule has 2 aromatic carbocycles. The molecule has 3 nitrogen and oxygen atoms in total. The second-order valence-corrected chi connectivity index (χ2v) is 5.86. The molecule has 0 heterocycles. The Bertz CT molecular complexity index is 686. The van der Waals surface area contributed by atoms with Crippen LogP contribution in [0.1, 0.15) is 35.7 Å². The monoisotopic (exact) mass is 351 g/mol. The lowest BCUT2D eigenvalue weighted by Crippen LogP contribution is -2.12. The zero-order valence-corrected chi connectivity index (χ0v) is 13.3. The van der Waals surface area contributed by atoms with E-state index in [4.69, 9.17) is 10.5 Å². The number of nitrogens with two attached hydrogens (primary N) is 1. The standard InChI is InChI=1S/C16H15BrFNO2/c1-9(2)12-7-10(17)3-5-14(12)21-15-6-4-11(18)8-13(15)16(19)20/h3-9H,1-2H3,(H2,19,20). The smallest absolute Gasteiger partial charge is 0.252 e. The number of carbonyl (C=O) groups is 1. The minimum atomic E-state index is -0.729. The summed E-state index contributed by atoms with van der Waals surface area (Å²) >= 11 is 3.42. The predicted octanol–water partition coefficient (Wildman–Crippen LogP) is 4.60. The molecule has 0 aliphatic carbocycles. The van der Waals surface area contributed by atoms with Gasteiger partial charge in [0.1, 0.15) is 17.3 Å². The highest BCUT2D eigenvalue weighted by molar-refractivity contribution is 9.10. The first kappa shape index (κ1) is 15.5. The molecule has 0 aromatic heterocycles. The van der Waals surface area contributed by atoms with Crippen molar-refractivity contribution in [1.82, 2.24) is 0 Å². The van der Waals surface area contributed by atoms with Crippen LogP contribution in [-0.4, -0.2) is 5.91 Å². The summed E-state index contributed by atoms with van der Waals surface area (Å²) in [6.07, 6.45) is 0. The maximum Gasteiger partial charge on any atom is 0.252 e. The predicted molar refractivity (Wildman–Crippen MR) is 83.2 cm³/mol. The van der Waals surface area contributed by atoms with Gasteiger partial charge in [0.25, 0.3) is 5.91 Å². The maximum absolute atomic E-state index is 13.2. The van der Waals surface area contributed by atoms with Gasteiger partial charge in [-0.3, -0.25) is 4.79 Å². The summed E-state index contributed by atoms with van der Waals surface area (Å²) in [6, 6.07) is 9.30. The van der Waals surface area contributed by atoms with Gasteiger partial charge in [-0.1, -0.05) is 29.8 Å². The number of ether oxygens (including phenoxy) is 1. The molecule has 0 aliphatic rings. The SMILES string of the molecule is CC(C)c1cc(Br)ccc1Oc1ccc(F)cc1C(N)=O. The Hall–Kier alpha value is -1.88. The third-order valence-corrected chi connectivity index (χ3v) is 3.51. The molecule has 2 aromatic rings. The highest BCUT2D eigenvalue weighted by atomic mass is 79.9. The summed E-state index contributed by atoms with van der Waals surface area (Å²) in [4.78, 5) is 11.4. The zero-order valence-electron chi connectivity index (χ0n) is 11.7. The van der Waals surface area contributed by atoms with Gasteiger partial charge >= 0.3 is 0 Å². The highest BCUT2D eigenvalue weighted by Gasteiger charge is 2.15. The van der Waals surface area contributed by atoms with Crippen molar-refractivity contribution in [2.45, 2.75) is 19.8 Å². The topological polar surface area (TPSA) is 52.3 Å². The van der Waals surface area contributed by atoms with Crippen LogP contribution >= 0.6 is 15.9 Å². The number of rotatable bonds is 4. The van der Waals surface area contributed by atoms with Gasteiger partial charge in [-0.15, -0.1) is 0 Å². The fourth-order valence-electron chi connectivity index (χ4n) is 1.97. The first-order valence-corrected chi connectivity index (χ1v) is 7.24. The van der Waals surface area contributed by atoms with E-state index in [2.05, 4.69) is 15.9 Å². The number of halogens is 2. The Balaban J connectivity index is 2.46. The molecule has 0 aliphatic heterocycles. The van der Waals surface area contributed by atoms with E-state index in [1.807, 2.05) is 26.0 Å². The second-order valence-electron chi connectivity index (χ2n) is 4.94. The summed E-state index contributed by atoms with van der Waals surface area (Å²) in [5.41, 5.74) is 6.26. The molecular weight excluding hydrogens is 337 g/mol. The summed E-state index contributed by atoms with van der Waals surface area (Å²) in [5.74, 6) is -0.172. The Morgan fingerprint density at radius 1 is 1.19 bits per heavy atom. The molecule has 5 heteroatoms. The first-order valence-electron chi connectivity index (χ1n) is 6.45. The van der Waals surface area contributed by atoms with Crippen LogP contribution in [0.5, 0.6) is 11.5 Å². The third kappa shape index (κ3) is 3.61. The Morgan fingerprint density at radius 3 is 2.48 bits per heavy atom.